The molecule has 94 valence electrons. The number of rotatable bonds is 1. The monoisotopic (exact) mass is 272 g/mol. The maximum Gasteiger partial charge on any atom is 0.416 e. The summed E-state index contributed by atoms with van der Waals surface area (Å²) in [5.74, 6) is 0. The summed E-state index contributed by atoms with van der Waals surface area (Å²) in [6, 6.07) is 6.29. The highest BCUT2D eigenvalue weighted by molar-refractivity contribution is 6.32. The van der Waals surface area contributed by atoms with Crippen LogP contribution in [0, 0.1) is 0 Å². The molecule has 2 rings (SSSR count). The molecule has 2 aromatic rings. The number of hydrogen-bond acceptors (Lipinski definition) is 2. The second kappa shape index (κ2) is 4.49. The van der Waals surface area contributed by atoms with Gasteiger partial charge in [-0.15, -0.1) is 0 Å². The Balaban J connectivity index is 2.59. The Morgan fingerprint density at radius 3 is 2.50 bits per heavy atom. The molecule has 2 N–H and O–H groups in total. The van der Waals surface area contributed by atoms with E-state index in [2.05, 4.69) is 4.98 Å². The SMILES string of the molecule is Nc1ccnc(Cl)c1-c1cccc(C(F)(F)F)c1. The molecule has 18 heavy (non-hydrogen) atoms. The lowest BCUT2D eigenvalue weighted by Gasteiger charge is -2.11. The molecule has 0 aliphatic heterocycles. The van der Waals surface area contributed by atoms with Gasteiger partial charge in [-0.2, -0.15) is 13.2 Å². The van der Waals surface area contributed by atoms with E-state index in [0.29, 0.717) is 11.1 Å². The molecule has 0 radical (unpaired) electrons. The standard InChI is InChI=1S/C12H8ClF3N2/c13-11-10(9(17)4-5-18-11)7-2-1-3-8(6-7)12(14,15)16/h1-6H,(H2,17,18). The lowest BCUT2D eigenvalue weighted by Crippen LogP contribution is -2.04. The summed E-state index contributed by atoms with van der Waals surface area (Å²) in [4.78, 5) is 3.81. The van der Waals surface area contributed by atoms with E-state index in [1.165, 1.54) is 24.4 Å². The summed E-state index contributed by atoms with van der Waals surface area (Å²) in [7, 11) is 0. The van der Waals surface area contributed by atoms with Gasteiger partial charge in [0.15, 0.2) is 0 Å². The van der Waals surface area contributed by atoms with Gasteiger partial charge in [0.25, 0.3) is 0 Å². The van der Waals surface area contributed by atoms with Crippen LogP contribution in [-0.2, 0) is 6.18 Å². The van der Waals surface area contributed by atoms with Gasteiger partial charge in [-0.05, 0) is 23.8 Å². The number of anilines is 1. The second-order valence-electron chi connectivity index (χ2n) is 3.64. The fourth-order valence-corrected chi connectivity index (χ4v) is 1.86. The van der Waals surface area contributed by atoms with Gasteiger partial charge < -0.3 is 5.73 Å². The number of hydrogen-bond donors (Lipinski definition) is 1. The lowest BCUT2D eigenvalue weighted by molar-refractivity contribution is -0.137. The normalized spacial score (nSPS) is 11.6. The summed E-state index contributed by atoms with van der Waals surface area (Å²) >= 11 is 5.86. The van der Waals surface area contributed by atoms with Crippen LogP contribution in [0.2, 0.25) is 5.15 Å². The third-order valence-electron chi connectivity index (χ3n) is 2.42. The molecule has 0 bridgehead atoms. The Hall–Kier alpha value is -1.75. The van der Waals surface area contributed by atoms with Crippen molar-refractivity contribution in [2.24, 2.45) is 0 Å². The predicted molar refractivity (Wildman–Crippen MR) is 64.1 cm³/mol. The number of alkyl halides is 3. The fraction of sp³-hybridized carbons (Fsp3) is 0.0833. The summed E-state index contributed by atoms with van der Waals surface area (Å²) < 4.78 is 37.8. The number of nitrogens with zero attached hydrogens (tertiary/aromatic N) is 1. The zero-order valence-corrected chi connectivity index (χ0v) is 9.76. The Bertz CT molecular complexity index is 562. The average molecular weight is 273 g/mol. The molecule has 0 unspecified atom stereocenters. The Morgan fingerprint density at radius 1 is 1.17 bits per heavy atom. The van der Waals surface area contributed by atoms with Gasteiger partial charge >= 0.3 is 6.18 Å². The molecule has 1 aromatic carbocycles. The van der Waals surface area contributed by atoms with E-state index < -0.39 is 11.7 Å². The van der Waals surface area contributed by atoms with Crippen molar-refractivity contribution in [2.45, 2.75) is 6.18 Å². The Morgan fingerprint density at radius 2 is 1.89 bits per heavy atom. The van der Waals surface area contributed by atoms with Crippen LogP contribution in [0.1, 0.15) is 5.56 Å². The van der Waals surface area contributed by atoms with E-state index in [1.54, 1.807) is 0 Å². The molecule has 0 fully saturated rings. The maximum atomic E-state index is 12.6. The van der Waals surface area contributed by atoms with Crippen LogP contribution in [0.15, 0.2) is 36.5 Å². The smallest absolute Gasteiger partial charge is 0.398 e. The minimum atomic E-state index is -4.40. The van der Waals surface area contributed by atoms with Crippen molar-refractivity contribution in [3.8, 4) is 11.1 Å². The molecule has 6 heteroatoms. The van der Waals surface area contributed by atoms with Crippen molar-refractivity contribution in [3.05, 3.63) is 47.2 Å². The van der Waals surface area contributed by atoms with Crippen molar-refractivity contribution >= 4 is 17.3 Å². The van der Waals surface area contributed by atoms with E-state index in [4.69, 9.17) is 17.3 Å². The molecular formula is C12H8ClF3N2. The predicted octanol–water partition coefficient (Wildman–Crippen LogP) is 4.00. The van der Waals surface area contributed by atoms with Gasteiger partial charge in [-0.3, -0.25) is 0 Å². The molecule has 0 aliphatic rings. The average Bonchev–Trinajstić information content (AvgIpc) is 2.28. The first-order valence-corrected chi connectivity index (χ1v) is 5.35. The van der Waals surface area contributed by atoms with Gasteiger partial charge in [0.2, 0.25) is 0 Å². The molecule has 0 aliphatic carbocycles. The number of halogens is 4. The molecule has 0 spiro atoms. The van der Waals surface area contributed by atoms with Crippen molar-refractivity contribution in [1.29, 1.82) is 0 Å². The van der Waals surface area contributed by atoms with Crippen LogP contribution in [-0.4, -0.2) is 4.98 Å². The highest BCUT2D eigenvalue weighted by Gasteiger charge is 2.30. The third kappa shape index (κ3) is 2.41. The minimum Gasteiger partial charge on any atom is -0.398 e. The first kappa shape index (κ1) is 12.7. The first-order chi connectivity index (χ1) is 8.39. The van der Waals surface area contributed by atoms with Gasteiger partial charge in [0, 0.05) is 17.4 Å². The van der Waals surface area contributed by atoms with Crippen molar-refractivity contribution in [2.75, 3.05) is 5.73 Å². The van der Waals surface area contributed by atoms with Gasteiger partial charge in [0.05, 0.1) is 5.56 Å². The quantitative estimate of drug-likeness (QED) is 0.797. The number of pyridine rings is 1. The number of aromatic nitrogens is 1. The zero-order valence-electron chi connectivity index (χ0n) is 9.00. The second-order valence-corrected chi connectivity index (χ2v) is 4.00. The summed E-state index contributed by atoms with van der Waals surface area (Å²) in [5.41, 5.74) is 5.85. The van der Waals surface area contributed by atoms with Crippen molar-refractivity contribution in [1.82, 2.24) is 4.98 Å². The molecule has 0 saturated carbocycles. The van der Waals surface area contributed by atoms with Gasteiger partial charge in [-0.1, -0.05) is 23.7 Å². The van der Waals surface area contributed by atoms with Gasteiger partial charge in [-0.25, -0.2) is 4.98 Å². The van der Waals surface area contributed by atoms with Crippen LogP contribution in [0.25, 0.3) is 11.1 Å². The van der Waals surface area contributed by atoms with Crippen LogP contribution in [0.5, 0.6) is 0 Å². The van der Waals surface area contributed by atoms with E-state index in [9.17, 15) is 13.2 Å². The van der Waals surface area contributed by atoms with Gasteiger partial charge in [0.1, 0.15) is 5.15 Å². The first-order valence-electron chi connectivity index (χ1n) is 4.97. The molecule has 0 atom stereocenters. The highest BCUT2D eigenvalue weighted by Crippen LogP contribution is 2.36. The van der Waals surface area contributed by atoms with Crippen LogP contribution in [0.4, 0.5) is 18.9 Å². The third-order valence-corrected chi connectivity index (χ3v) is 2.70. The largest absolute Gasteiger partial charge is 0.416 e. The van der Waals surface area contributed by atoms with Crippen LogP contribution in [0.3, 0.4) is 0 Å². The summed E-state index contributed by atoms with van der Waals surface area (Å²) in [5, 5.41) is 0.0781. The molecule has 0 saturated heterocycles. The number of nitrogens with two attached hydrogens (primary N) is 1. The topological polar surface area (TPSA) is 38.9 Å². The lowest BCUT2D eigenvalue weighted by atomic mass is 10.0. The van der Waals surface area contributed by atoms with E-state index >= 15 is 0 Å². The minimum absolute atomic E-state index is 0.0781. The molecule has 2 nitrogen and oxygen atoms in total. The Kier molecular flexibility index (Phi) is 3.17. The molecular weight excluding hydrogens is 265 g/mol. The summed E-state index contributed by atoms with van der Waals surface area (Å²) in [6.07, 6.45) is -3.01. The fourth-order valence-electron chi connectivity index (χ4n) is 1.59. The van der Waals surface area contributed by atoms with E-state index in [0.717, 1.165) is 12.1 Å². The molecule has 0 amide bonds. The van der Waals surface area contributed by atoms with Crippen LogP contribution >= 0.6 is 11.6 Å². The Labute approximate surface area is 106 Å². The van der Waals surface area contributed by atoms with Crippen molar-refractivity contribution in [3.63, 3.8) is 0 Å². The zero-order chi connectivity index (χ0) is 13.3. The van der Waals surface area contributed by atoms with E-state index in [1.807, 2.05) is 0 Å². The highest BCUT2D eigenvalue weighted by atomic mass is 35.5. The van der Waals surface area contributed by atoms with Crippen LogP contribution < -0.4 is 5.73 Å². The molecule has 1 aromatic heterocycles. The number of nitrogen functional groups attached to an aromatic ring is 1. The van der Waals surface area contributed by atoms with E-state index in [-0.39, 0.29) is 10.8 Å². The maximum absolute atomic E-state index is 12.6. The summed E-state index contributed by atoms with van der Waals surface area (Å²) in [6.45, 7) is 0. The number of benzene rings is 1. The molecule has 1 heterocycles. The van der Waals surface area contributed by atoms with Crippen molar-refractivity contribution < 1.29 is 13.2 Å².